The lowest BCUT2D eigenvalue weighted by molar-refractivity contribution is 0.0936. The number of amides is 1. The smallest absolute Gasteiger partial charge is 0.265 e. The van der Waals surface area contributed by atoms with Crippen LogP contribution in [0.2, 0.25) is 0 Å². The maximum absolute atomic E-state index is 12.6. The fourth-order valence-corrected chi connectivity index (χ4v) is 2.51. The lowest BCUT2D eigenvalue weighted by atomic mass is 10.0. The summed E-state index contributed by atoms with van der Waals surface area (Å²) in [5.41, 5.74) is 2.38. The second kappa shape index (κ2) is 4.70. The van der Waals surface area contributed by atoms with Crippen LogP contribution in [0.15, 0.2) is 46.9 Å². The summed E-state index contributed by atoms with van der Waals surface area (Å²) < 4.78 is 6.60. The summed E-state index contributed by atoms with van der Waals surface area (Å²) in [5.74, 6) is 0.629. The van der Waals surface area contributed by atoms with Gasteiger partial charge in [0.05, 0.1) is 5.56 Å². The first-order chi connectivity index (χ1) is 9.18. The highest BCUT2D eigenvalue weighted by Gasteiger charge is 2.28. The van der Waals surface area contributed by atoms with Gasteiger partial charge in [0.1, 0.15) is 5.75 Å². The first kappa shape index (κ1) is 12.2. The Kier molecular flexibility index (Phi) is 3.03. The fraction of sp³-hybridized carbons (Fsp3) is 0.133. The molecule has 2 aromatic rings. The normalized spacial score (nSPS) is 14.0. The number of carbonyl (C=O) groups is 1. The van der Waals surface area contributed by atoms with E-state index in [1.165, 1.54) is 0 Å². The molecule has 3 rings (SSSR count). The largest absolute Gasteiger partial charge is 0.472 e. The van der Waals surface area contributed by atoms with Crippen molar-refractivity contribution in [2.24, 2.45) is 0 Å². The van der Waals surface area contributed by atoms with Crippen molar-refractivity contribution < 1.29 is 9.53 Å². The van der Waals surface area contributed by atoms with Crippen molar-refractivity contribution in [1.82, 2.24) is 0 Å². The molecule has 1 aliphatic heterocycles. The van der Waals surface area contributed by atoms with Gasteiger partial charge in [0, 0.05) is 10.2 Å². The third-order valence-corrected chi connectivity index (χ3v) is 4.10. The molecule has 4 heteroatoms. The Labute approximate surface area is 119 Å². The Balaban J connectivity index is 2.07. The molecule has 0 saturated carbocycles. The highest BCUT2D eigenvalue weighted by atomic mass is 79.9. The van der Waals surface area contributed by atoms with Crippen molar-refractivity contribution in [1.29, 1.82) is 0 Å². The van der Waals surface area contributed by atoms with E-state index in [1.807, 2.05) is 49.4 Å². The van der Waals surface area contributed by atoms with E-state index in [0.717, 1.165) is 15.7 Å². The van der Waals surface area contributed by atoms with Gasteiger partial charge in [-0.05, 0) is 36.8 Å². The minimum absolute atomic E-state index is 0.0220. The van der Waals surface area contributed by atoms with Gasteiger partial charge in [-0.2, -0.15) is 0 Å². The number of halogens is 1. The molecule has 0 aliphatic carbocycles. The van der Waals surface area contributed by atoms with Crippen LogP contribution in [0.1, 0.15) is 15.9 Å². The highest BCUT2D eigenvalue weighted by molar-refractivity contribution is 9.10. The molecule has 2 aromatic carbocycles. The van der Waals surface area contributed by atoms with Crippen LogP contribution < -0.4 is 9.64 Å². The van der Waals surface area contributed by atoms with Crippen LogP contribution in [0.3, 0.4) is 0 Å². The number of nitrogens with zero attached hydrogens (tertiary/aromatic N) is 1. The number of rotatable bonds is 1. The average molecular weight is 318 g/mol. The van der Waals surface area contributed by atoms with E-state index in [4.69, 9.17) is 4.74 Å². The molecule has 0 saturated heterocycles. The molecular weight excluding hydrogens is 306 g/mol. The summed E-state index contributed by atoms with van der Waals surface area (Å²) in [6.07, 6.45) is 0. The molecule has 0 spiro atoms. The highest BCUT2D eigenvalue weighted by Crippen LogP contribution is 2.33. The first-order valence-electron chi connectivity index (χ1n) is 5.97. The summed E-state index contributed by atoms with van der Waals surface area (Å²) in [4.78, 5) is 14.3. The van der Waals surface area contributed by atoms with Gasteiger partial charge in [-0.1, -0.05) is 34.1 Å². The molecule has 0 aromatic heterocycles. The predicted molar refractivity (Wildman–Crippen MR) is 77.6 cm³/mol. The van der Waals surface area contributed by atoms with Gasteiger partial charge in [0.25, 0.3) is 5.91 Å². The number of ether oxygens (including phenoxy) is 1. The minimum Gasteiger partial charge on any atom is -0.472 e. The molecule has 0 fully saturated rings. The maximum Gasteiger partial charge on any atom is 0.265 e. The van der Waals surface area contributed by atoms with Gasteiger partial charge < -0.3 is 4.74 Å². The zero-order valence-electron chi connectivity index (χ0n) is 10.4. The standard InChI is InChI=1S/C15H12BrNO2/c1-10-12(16)7-8-13-14(10)15(18)17(9-19-13)11-5-3-2-4-6-11/h2-8H,9H2,1H3. The summed E-state index contributed by atoms with van der Waals surface area (Å²) >= 11 is 3.45. The Morgan fingerprint density at radius 3 is 2.63 bits per heavy atom. The summed E-state index contributed by atoms with van der Waals surface area (Å²) in [5, 5.41) is 0. The van der Waals surface area contributed by atoms with Crippen LogP contribution in [-0.2, 0) is 0 Å². The molecule has 0 radical (unpaired) electrons. The third-order valence-electron chi connectivity index (χ3n) is 3.24. The molecule has 1 aliphatic rings. The van der Waals surface area contributed by atoms with E-state index in [-0.39, 0.29) is 12.6 Å². The Bertz CT molecular complexity index is 640. The van der Waals surface area contributed by atoms with Crippen LogP contribution in [0.4, 0.5) is 5.69 Å². The zero-order valence-corrected chi connectivity index (χ0v) is 12.0. The second-order valence-electron chi connectivity index (χ2n) is 4.39. The second-order valence-corrected chi connectivity index (χ2v) is 5.24. The third kappa shape index (κ3) is 2.02. The average Bonchev–Trinajstić information content (AvgIpc) is 2.44. The van der Waals surface area contributed by atoms with Crippen molar-refractivity contribution in [2.45, 2.75) is 6.92 Å². The lowest BCUT2D eigenvalue weighted by Gasteiger charge is -2.30. The molecule has 96 valence electrons. The Hall–Kier alpha value is -1.81. The molecule has 1 heterocycles. The molecule has 0 atom stereocenters. The Morgan fingerprint density at radius 1 is 1.16 bits per heavy atom. The van der Waals surface area contributed by atoms with Gasteiger partial charge in [-0.15, -0.1) is 0 Å². The molecule has 0 unspecified atom stereocenters. The van der Waals surface area contributed by atoms with Gasteiger partial charge in [0.2, 0.25) is 0 Å². The van der Waals surface area contributed by atoms with E-state index in [2.05, 4.69) is 15.9 Å². The summed E-state index contributed by atoms with van der Waals surface area (Å²) in [6.45, 7) is 2.16. The number of carbonyl (C=O) groups excluding carboxylic acids is 1. The molecule has 19 heavy (non-hydrogen) atoms. The van der Waals surface area contributed by atoms with Crippen molar-refractivity contribution in [3.63, 3.8) is 0 Å². The van der Waals surface area contributed by atoms with Crippen LogP contribution in [0.25, 0.3) is 0 Å². The van der Waals surface area contributed by atoms with Gasteiger partial charge >= 0.3 is 0 Å². The minimum atomic E-state index is -0.0220. The van der Waals surface area contributed by atoms with E-state index >= 15 is 0 Å². The molecule has 0 N–H and O–H groups in total. The molecule has 1 amide bonds. The van der Waals surface area contributed by atoms with Crippen LogP contribution in [0, 0.1) is 6.92 Å². The van der Waals surface area contributed by atoms with Crippen molar-refractivity contribution in [3.05, 3.63) is 58.1 Å². The number of para-hydroxylation sites is 1. The number of benzene rings is 2. The van der Waals surface area contributed by atoms with Gasteiger partial charge in [-0.25, -0.2) is 0 Å². The predicted octanol–water partition coefficient (Wildman–Crippen LogP) is 3.75. The van der Waals surface area contributed by atoms with E-state index in [9.17, 15) is 4.79 Å². The van der Waals surface area contributed by atoms with Gasteiger partial charge in [0.15, 0.2) is 6.73 Å². The lowest BCUT2D eigenvalue weighted by Crippen LogP contribution is -2.39. The quantitative estimate of drug-likeness (QED) is 0.801. The summed E-state index contributed by atoms with van der Waals surface area (Å²) in [6, 6.07) is 13.3. The van der Waals surface area contributed by atoms with Crippen molar-refractivity contribution >= 4 is 27.5 Å². The summed E-state index contributed by atoms with van der Waals surface area (Å²) in [7, 11) is 0. The Morgan fingerprint density at radius 2 is 1.89 bits per heavy atom. The van der Waals surface area contributed by atoms with Gasteiger partial charge in [-0.3, -0.25) is 9.69 Å². The zero-order chi connectivity index (χ0) is 13.4. The van der Waals surface area contributed by atoms with Crippen molar-refractivity contribution in [3.8, 4) is 5.75 Å². The van der Waals surface area contributed by atoms with Crippen LogP contribution in [0.5, 0.6) is 5.75 Å². The van der Waals surface area contributed by atoms with E-state index in [1.54, 1.807) is 4.90 Å². The SMILES string of the molecule is Cc1c(Br)ccc2c1C(=O)N(c1ccccc1)CO2. The van der Waals surface area contributed by atoms with Crippen LogP contribution >= 0.6 is 15.9 Å². The van der Waals surface area contributed by atoms with Crippen LogP contribution in [-0.4, -0.2) is 12.6 Å². The van der Waals surface area contributed by atoms with Crippen molar-refractivity contribution in [2.75, 3.05) is 11.6 Å². The van der Waals surface area contributed by atoms with E-state index < -0.39 is 0 Å². The number of anilines is 1. The number of hydrogen-bond acceptors (Lipinski definition) is 2. The molecule has 3 nitrogen and oxygen atoms in total. The monoisotopic (exact) mass is 317 g/mol. The first-order valence-corrected chi connectivity index (χ1v) is 6.76. The fourth-order valence-electron chi connectivity index (χ4n) is 2.17. The number of hydrogen-bond donors (Lipinski definition) is 0. The topological polar surface area (TPSA) is 29.5 Å². The maximum atomic E-state index is 12.6. The number of fused-ring (bicyclic) bond motifs is 1. The van der Waals surface area contributed by atoms with E-state index in [0.29, 0.717) is 11.3 Å². The molecule has 0 bridgehead atoms. The molecular formula is C15H12BrNO2.